The molecular formula is C25H24F3N3O3. The highest BCUT2D eigenvalue weighted by Gasteiger charge is 2.30. The third-order valence-electron chi connectivity index (χ3n) is 4.55. The van der Waals surface area contributed by atoms with Gasteiger partial charge < -0.3 is 20.7 Å². The molecule has 3 N–H and O–H groups in total. The zero-order valence-electron chi connectivity index (χ0n) is 18.6. The molecule has 3 rings (SSSR count). The SMILES string of the molecule is CC(C)Oc1ccccc1NC(=O)CNc1cccc(C(=O)Nc2cccc(C(F)(F)F)c2)c1. The van der Waals surface area contributed by atoms with Gasteiger partial charge in [-0.1, -0.05) is 24.3 Å². The molecule has 0 atom stereocenters. The van der Waals surface area contributed by atoms with Crippen LogP contribution < -0.4 is 20.7 Å². The summed E-state index contributed by atoms with van der Waals surface area (Å²) in [7, 11) is 0. The van der Waals surface area contributed by atoms with E-state index in [9.17, 15) is 22.8 Å². The van der Waals surface area contributed by atoms with E-state index < -0.39 is 17.6 Å². The number of alkyl halides is 3. The van der Waals surface area contributed by atoms with E-state index in [0.717, 1.165) is 12.1 Å². The van der Waals surface area contributed by atoms with Crippen molar-refractivity contribution in [3.63, 3.8) is 0 Å². The molecule has 9 heteroatoms. The van der Waals surface area contributed by atoms with Crippen LogP contribution in [-0.2, 0) is 11.0 Å². The highest BCUT2D eigenvalue weighted by atomic mass is 19.4. The number of para-hydroxylation sites is 2. The van der Waals surface area contributed by atoms with Crippen LogP contribution in [0, 0.1) is 0 Å². The second-order valence-electron chi connectivity index (χ2n) is 7.68. The minimum atomic E-state index is -4.51. The molecule has 3 aromatic carbocycles. The first-order valence-electron chi connectivity index (χ1n) is 10.5. The summed E-state index contributed by atoms with van der Waals surface area (Å²) in [5.41, 5.74) is 0.432. The lowest BCUT2D eigenvalue weighted by atomic mass is 10.1. The number of amides is 2. The number of rotatable bonds is 8. The Hall–Kier alpha value is -4.01. The first-order valence-corrected chi connectivity index (χ1v) is 10.5. The predicted molar refractivity (Wildman–Crippen MR) is 125 cm³/mol. The van der Waals surface area contributed by atoms with Crippen molar-refractivity contribution in [1.82, 2.24) is 0 Å². The summed E-state index contributed by atoms with van der Waals surface area (Å²) >= 11 is 0. The fourth-order valence-corrected chi connectivity index (χ4v) is 3.05. The van der Waals surface area contributed by atoms with Crippen LogP contribution in [0.5, 0.6) is 5.75 Å². The molecule has 0 saturated carbocycles. The van der Waals surface area contributed by atoms with E-state index in [-0.39, 0.29) is 29.8 Å². The average Bonchev–Trinajstić information content (AvgIpc) is 2.78. The van der Waals surface area contributed by atoms with E-state index in [1.165, 1.54) is 24.3 Å². The summed E-state index contributed by atoms with van der Waals surface area (Å²) in [5.74, 6) is -0.343. The van der Waals surface area contributed by atoms with Crippen LogP contribution in [0.3, 0.4) is 0 Å². The number of carbonyl (C=O) groups is 2. The maximum Gasteiger partial charge on any atom is 0.416 e. The van der Waals surface area contributed by atoms with Gasteiger partial charge >= 0.3 is 6.18 Å². The summed E-state index contributed by atoms with van der Waals surface area (Å²) in [6.07, 6.45) is -4.56. The Morgan fingerprint density at radius 3 is 2.32 bits per heavy atom. The molecule has 0 bridgehead atoms. The maximum absolute atomic E-state index is 12.9. The van der Waals surface area contributed by atoms with E-state index in [1.807, 2.05) is 19.9 Å². The van der Waals surface area contributed by atoms with E-state index in [4.69, 9.17) is 4.74 Å². The summed E-state index contributed by atoms with van der Waals surface area (Å²) in [4.78, 5) is 24.9. The van der Waals surface area contributed by atoms with Crippen molar-refractivity contribution in [1.29, 1.82) is 0 Å². The zero-order chi connectivity index (χ0) is 24.7. The van der Waals surface area contributed by atoms with Gasteiger partial charge in [-0.05, 0) is 62.4 Å². The second kappa shape index (κ2) is 10.7. The number of anilines is 3. The van der Waals surface area contributed by atoms with Gasteiger partial charge in [0, 0.05) is 16.9 Å². The molecule has 2 amide bonds. The Bertz CT molecular complexity index is 1160. The molecule has 0 fully saturated rings. The van der Waals surface area contributed by atoms with Crippen molar-refractivity contribution in [3.05, 3.63) is 83.9 Å². The van der Waals surface area contributed by atoms with Gasteiger partial charge in [0.25, 0.3) is 5.91 Å². The maximum atomic E-state index is 12.9. The second-order valence-corrected chi connectivity index (χ2v) is 7.68. The highest BCUT2D eigenvalue weighted by molar-refractivity contribution is 6.05. The van der Waals surface area contributed by atoms with Crippen LogP contribution in [0.4, 0.5) is 30.2 Å². The van der Waals surface area contributed by atoms with Crippen molar-refractivity contribution in [2.24, 2.45) is 0 Å². The molecule has 0 spiro atoms. The summed E-state index contributed by atoms with van der Waals surface area (Å²) < 4.78 is 44.3. The van der Waals surface area contributed by atoms with E-state index in [1.54, 1.807) is 30.3 Å². The van der Waals surface area contributed by atoms with Crippen LogP contribution in [0.15, 0.2) is 72.8 Å². The lowest BCUT2D eigenvalue weighted by Crippen LogP contribution is -2.22. The molecule has 0 aliphatic carbocycles. The number of hydrogen-bond acceptors (Lipinski definition) is 4. The van der Waals surface area contributed by atoms with Crippen molar-refractivity contribution in [2.75, 3.05) is 22.5 Å². The van der Waals surface area contributed by atoms with Crippen LogP contribution in [0.2, 0.25) is 0 Å². The van der Waals surface area contributed by atoms with Crippen LogP contribution in [-0.4, -0.2) is 24.5 Å². The molecule has 0 unspecified atom stereocenters. The summed E-state index contributed by atoms with van der Waals surface area (Å²) in [6, 6.07) is 17.8. The molecule has 3 aromatic rings. The molecule has 178 valence electrons. The van der Waals surface area contributed by atoms with Crippen LogP contribution in [0.25, 0.3) is 0 Å². The van der Waals surface area contributed by atoms with Crippen molar-refractivity contribution in [2.45, 2.75) is 26.1 Å². The Kier molecular flexibility index (Phi) is 7.78. The zero-order valence-corrected chi connectivity index (χ0v) is 18.6. The lowest BCUT2D eigenvalue weighted by Gasteiger charge is -2.15. The first kappa shape index (κ1) is 24.6. The van der Waals surface area contributed by atoms with Gasteiger partial charge in [-0.2, -0.15) is 13.2 Å². The standard InChI is InChI=1S/C25H24F3N3O3/c1-16(2)34-22-12-4-3-11-21(22)31-23(32)15-29-19-9-5-7-17(13-19)24(33)30-20-10-6-8-18(14-20)25(26,27)28/h3-14,16,29H,15H2,1-2H3,(H,30,33)(H,31,32). The first-order chi connectivity index (χ1) is 16.1. The van der Waals surface area contributed by atoms with Crippen molar-refractivity contribution in [3.8, 4) is 5.75 Å². The van der Waals surface area contributed by atoms with E-state index in [0.29, 0.717) is 17.1 Å². The van der Waals surface area contributed by atoms with Crippen molar-refractivity contribution < 1.29 is 27.5 Å². The van der Waals surface area contributed by atoms with Gasteiger partial charge in [0.05, 0.1) is 23.9 Å². The summed E-state index contributed by atoms with van der Waals surface area (Å²) in [6.45, 7) is 3.70. The fourth-order valence-electron chi connectivity index (χ4n) is 3.05. The number of benzene rings is 3. The number of halogens is 3. The third-order valence-corrected chi connectivity index (χ3v) is 4.55. The molecule has 0 saturated heterocycles. The van der Waals surface area contributed by atoms with Gasteiger partial charge in [-0.25, -0.2) is 0 Å². The number of ether oxygens (including phenoxy) is 1. The van der Waals surface area contributed by atoms with Gasteiger partial charge in [0.1, 0.15) is 5.75 Å². The van der Waals surface area contributed by atoms with Gasteiger partial charge in [0.15, 0.2) is 0 Å². The molecule has 0 aliphatic heterocycles. The molecular weight excluding hydrogens is 447 g/mol. The number of nitrogens with one attached hydrogen (secondary N) is 3. The molecule has 0 aliphatic rings. The minimum Gasteiger partial charge on any atom is -0.489 e. The van der Waals surface area contributed by atoms with E-state index >= 15 is 0 Å². The van der Waals surface area contributed by atoms with Crippen molar-refractivity contribution >= 4 is 28.9 Å². The fraction of sp³-hybridized carbons (Fsp3) is 0.200. The molecule has 6 nitrogen and oxygen atoms in total. The third kappa shape index (κ3) is 6.99. The molecule has 0 heterocycles. The Labute approximate surface area is 195 Å². The van der Waals surface area contributed by atoms with Gasteiger partial charge in [-0.3, -0.25) is 9.59 Å². The van der Waals surface area contributed by atoms with Crippen LogP contribution in [0.1, 0.15) is 29.8 Å². The summed E-state index contributed by atoms with van der Waals surface area (Å²) in [5, 5.41) is 8.16. The Morgan fingerprint density at radius 2 is 1.59 bits per heavy atom. The average molecular weight is 471 g/mol. The Balaban J connectivity index is 1.61. The Morgan fingerprint density at radius 1 is 0.882 bits per heavy atom. The monoisotopic (exact) mass is 471 g/mol. The van der Waals surface area contributed by atoms with Gasteiger partial charge in [0.2, 0.25) is 5.91 Å². The van der Waals surface area contributed by atoms with E-state index in [2.05, 4.69) is 16.0 Å². The number of carbonyl (C=O) groups excluding carboxylic acids is 2. The minimum absolute atomic E-state index is 0.0276. The quantitative estimate of drug-likeness (QED) is 0.388. The topological polar surface area (TPSA) is 79.5 Å². The largest absolute Gasteiger partial charge is 0.489 e. The molecule has 0 radical (unpaired) electrons. The lowest BCUT2D eigenvalue weighted by molar-refractivity contribution is -0.137. The normalized spacial score (nSPS) is 11.1. The van der Waals surface area contributed by atoms with Crippen LogP contribution >= 0.6 is 0 Å². The molecule has 0 aromatic heterocycles. The smallest absolute Gasteiger partial charge is 0.416 e. The molecule has 34 heavy (non-hydrogen) atoms. The highest BCUT2D eigenvalue weighted by Crippen LogP contribution is 2.31. The van der Waals surface area contributed by atoms with Gasteiger partial charge in [-0.15, -0.1) is 0 Å². The number of hydrogen-bond donors (Lipinski definition) is 3. The predicted octanol–water partition coefficient (Wildman–Crippen LogP) is 5.80.